The van der Waals surface area contributed by atoms with Crippen LogP contribution >= 0.6 is 15.9 Å². The number of H-pyrrole nitrogens is 1. The largest absolute Gasteiger partial charge is 0.395 e. The number of nitrogens with zero attached hydrogens (tertiary/aromatic N) is 1. The van der Waals surface area contributed by atoms with Gasteiger partial charge in [0.05, 0.1) is 6.61 Å². The Labute approximate surface area is 120 Å². The van der Waals surface area contributed by atoms with Gasteiger partial charge in [0.2, 0.25) is 0 Å². The maximum atomic E-state index is 12.4. The number of benzene rings is 1. The second-order valence-corrected chi connectivity index (χ2v) is 5.35. The average Bonchev–Trinajstić information content (AvgIpc) is 2.80. The van der Waals surface area contributed by atoms with E-state index in [2.05, 4.69) is 20.9 Å². The summed E-state index contributed by atoms with van der Waals surface area (Å²) in [6.45, 7) is 3.02. The molecule has 0 radical (unpaired) electrons. The Kier molecular flexibility index (Phi) is 4.61. The first kappa shape index (κ1) is 14.1. The zero-order valence-corrected chi connectivity index (χ0v) is 12.4. The number of aromatic nitrogens is 1. The summed E-state index contributed by atoms with van der Waals surface area (Å²) in [4.78, 5) is 17.1. The molecule has 2 rings (SSSR count). The van der Waals surface area contributed by atoms with E-state index in [-0.39, 0.29) is 12.5 Å². The Hall–Kier alpha value is -1.33. The maximum absolute atomic E-state index is 12.4. The van der Waals surface area contributed by atoms with Crippen molar-refractivity contribution in [1.82, 2.24) is 9.88 Å². The Morgan fingerprint density at radius 2 is 2.16 bits per heavy atom. The fourth-order valence-corrected chi connectivity index (χ4v) is 2.47. The highest BCUT2D eigenvalue weighted by atomic mass is 79.9. The van der Waals surface area contributed by atoms with Crippen molar-refractivity contribution in [2.75, 3.05) is 19.7 Å². The lowest BCUT2D eigenvalue weighted by Gasteiger charge is -2.20. The molecule has 1 heterocycles. The van der Waals surface area contributed by atoms with E-state index in [0.717, 1.165) is 21.8 Å². The molecule has 1 aromatic carbocycles. The SMILES string of the molecule is CCCN(CCO)C(=O)c1cc2cc(Br)ccc2[nH]1. The Morgan fingerprint density at radius 1 is 1.37 bits per heavy atom. The molecular weight excluding hydrogens is 308 g/mol. The highest BCUT2D eigenvalue weighted by Crippen LogP contribution is 2.21. The van der Waals surface area contributed by atoms with E-state index < -0.39 is 0 Å². The van der Waals surface area contributed by atoms with E-state index in [0.29, 0.717) is 18.8 Å². The van der Waals surface area contributed by atoms with Crippen LogP contribution in [0.1, 0.15) is 23.8 Å². The van der Waals surface area contributed by atoms with Crippen LogP contribution in [0.3, 0.4) is 0 Å². The molecule has 19 heavy (non-hydrogen) atoms. The topological polar surface area (TPSA) is 56.3 Å². The molecule has 4 nitrogen and oxygen atoms in total. The summed E-state index contributed by atoms with van der Waals surface area (Å²) in [6, 6.07) is 7.69. The van der Waals surface area contributed by atoms with E-state index in [4.69, 9.17) is 5.11 Å². The van der Waals surface area contributed by atoms with Crippen LogP contribution < -0.4 is 0 Å². The van der Waals surface area contributed by atoms with Gasteiger partial charge < -0.3 is 15.0 Å². The first-order chi connectivity index (χ1) is 9.15. The standard InChI is InChI=1S/C14H17BrN2O2/c1-2-5-17(6-7-18)14(19)13-9-10-8-11(15)3-4-12(10)16-13/h3-4,8-9,16,18H,2,5-7H2,1H3. The molecule has 0 fully saturated rings. The predicted molar refractivity (Wildman–Crippen MR) is 79.3 cm³/mol. The minimum Gasteiger partial charge on any atom is -0.395 e. The van der Waals surface area contributed by atoms with E-state index in [1.807, 2.05) is 31.2 Å². The number of aliphatic hydroxyl groups is 1. The molecule has 0 saturated carbocycles. The summed E-state index contributed by atoms with van der Waals surface area (Å²) >= 11 is 3.42. The zero-order valence-electron chi connectivity index (χ0n) is 10.8. The quantitative estimate of drug-likeness (QED) is 0.888. The summed E-state index contributed by atoms with van der Waals surface area (Å²) in [5, 5.41) is 10.0. The number of carbonyl (C=O) groups is 1. The van der Waals surface area contributed by atoms with Crippen LogP contribution in [-0.4, -0.2) is 40.6 Å². The summed E-state index contributed by atoms with van der Waals surface area (Å²) in [6.07, 6.45) is 0.873. The summed E-state index contributed by atoms with van der Waals surface area (Å²) in [5.74, 6) is -0.0665. The molecule has 0 atom stereocenters. The molecule has 0 aliphatic heterocycles. The minimum absolute atomic E-state index is 0.0164. The normalized spacial score (nSPS) is 10.9. The van der Waals surface area contributed by atoms with Gasteiger partial charge in [0.25, 0.3) is 5.91 Å². The van der Waals surface area contributed by atoms with Crippen LogP contribution in [0, 0.1) is 0 Å². The van der Waals surface area contributed by atoms with E-state index in [1.54, 1.807) is 4.90 Å². The van der Waals surface area contributed by atoms with Gasteiger partial charge in [-0.2, -0.15) is 0 Å². The molecule has 0 unspecified atom stereocenters. The third-order valence-corrected chi connectivity index (χ3v) is 3.46. The summed E-state index contributed by atoms with van der Waals surface area (Å²) in [5.41, 5.74) is 1.50. The van der Waals surface area contributed by atoms with Gasteiger partial charge in [0.15, 0.2) is 0 Å². The molecule has 0 saturated heterocycles. The molecule has 102 valence electrons. The highest BCUT2D eigenvalue weighted by Gasteiger charge is 2.16. The predicted octanol–water partition coefficient (Wildman–Crippen LogP) is 2.77. The number of carbonyl (C=O) groups excluding carboxylic acids is 1. The lowest BCUT2D eigenvalue weighted by atomic mass is 10.2. The van der Waals surface area contributed by atoms with Crippen molar-refractivity contribution in [2.24, 2.45) is 0 Å². The number of halogens is 1. The van der Waals surface area contributed by atoms with Crippen LogP contribution in [-0.2, 0) is 0 Å². The molecule has 0 spiro atoms. The second kappa shape index (κ2) is 6.21. The van der Waals surface area contributed by atoms with Gasteiger partial charge in [-0.05, 0) is 30.7 Å². The van der Waals surface area contributed by atoms with Crippen molar-refractivity contribution in [3.8, 4) is 0 Å². The first-order valence-corrected chi connectivity index (χ1v) is 7.13. The fourth-order valence-electron chi connectivity index (χ4n) is 2.09. The number of amides is 1. The molecule has 0 bridgehead atoms. The molecule has 0 aliphatic carbocycles. The molecule has 2 N–H and O–H groups in total. The zero-order chi connectivity index (χ0) is 13.8. The van der Waals surface area contributed by atoms with Crippen LogP contribution in [0.15, 0.2) is 28.7 Å². The lowest BCUT2D eigenvalue weighted by molar-refractivity contribution is 0.0717. The van der Waals surface area contributed by atoms with E-state index >= 15 is 0 Å². The number of aromatic amines is 1. The molecule has 1 aromatic heterocycles. The molecular formula is C14H17BrN2O2. The Morgan fingerprint density at radius 3 is 2.84 bits per heavy atom. The number of aliphatic hydroxyl groups excluding tert-OH is 1. The van der Waals surface area contributed by atoms with E-state index in [1.165, 1.54) is 0 Å². The number of nitrogens with one attached hydrogen (secondary N) is 1. The number of fused-ring (bicyclic) bond motifs is 1. The van der Waals surface area contributed by atoms with Crippen molar-refractivity contribution in [3.05, 3.63) is 34.4 Å². The maximum Gasteiger partial charge on any atom is 0.270 e. The van der Waals surface area contributed by atoms with E-state index in [9.17, 15) is 4.79 Å². The second-order valence-electron chi connectivity index (χ2n) is 4.43. The van der Waals surface area contributed by atoms with Crippen LogP contribution in [0.2, 0.25) is 0 Å². The molecule has 0 aliphatic rings. The fraction of sp³-hybridized carbons (Fsp3) is 0.357. The van der Waals surface area contributed by atoms with Crippen molar-refractivity contribution >= 4 is 32.7 Å². The molecule has 1 amide bonds. The van der Waals surface area contributed by atoms with Crippen molar-refractivity contribution < 1.29 is 9.90 Å². The molecule has 5 heteroatoms. The summed E-state index contributed by atoms with van der Waals surface area (Å²) in [7, 11) is 0. The summed E-state index contributed by atoms with van der Waals surface area (Å²) < 4.78 is 0.985. The van der Waals surface area contributed by atoms with Crippen LogP contribution in [0.25, 0.3) is 10.9 Å². The smallest absolute Gasteiger partial charge is 0.270 e. The van der Waals surface area contributed by atoms with Gasteiger partial charge in [0.1, 0.15) is 5.69 Å². The first-order valence-electron chi connectivity index (χ1n) is 6.34. The van der Waals surface area contributed by atoms with Gasteiger partial charge in [-0.3, -0.25) is 4.79 Å². The van der Waals surface area contributed by atoms with Gasteiger partial charge in [0, 0.05) is 28.5 Å². The van der Waals surface area contributed by atoms with Gasteiger partial charge >= 0.3 is 0 Å². The van der Waals surface area contributed by atoms with Crippen molar-refractivity contribution in [2.45, 2.75) is 13.3 Å². The van der Waals surface area contributed by atoms with Crippen LogP contribution in [0.5, 0.6) is 0 Å². The number of hydrogen-bond donors (Lipinski definition) is 2. The third kappa shape index (κ3) is 3.16. The van der Waals surface area contributed by atoms with Crippen molar-refractivity contribution in [3.63, 3.8) is 0 Å². The Bertz CT molecular complexity index is 574. The average molecular weight is 325 g/mol. The lowest BCUT2D eigenvalue weighted by Crippen LogP contribution is -2.34. The number of hydrogen-bond acceptors (Lipinski definition) is 2. The van der Waals surface area contributed by atoms with Gasteiger partial charge in [-0.1, -0.05) is 22.9 Å². The monoisotopic (exact) mass is 324 g/mol. The molecule has 2 aromatic rings. The number of rotatable bonds is 5. The Balaban J connectivity index is 2.29. The minimum atomic E-state index is -0.0665. The van der Waals surface area contributed by atoms with Crippen molar-refractivity contribution in [1.29, 1.82) is 0 Å². The highest BCUT2D eigenvalue weighted by molar-refractivity contribution is 9.10. The van der Waals surface area contributed by atoms with Crippen LogP contribution in [0.4, 0.5) is 0 Å². The van der Waals surface area contributed by atoms with Gasteiger partial charge in [-0.25, -0.2) is 0 Å². The van der Waals surface area contributed by atoms with Gasteiger partial charge in [-0.15, -0.1) is 0 Å². The third-order valence-electron chi connectivity index (χ3n) is 2.96.